The zero-order chi connectivity index (χ0) is 9.52. The normalized spacial score (nSPS) is 20.8. The molecule has 0 radical (unpaired) electrons. The maximum Gasteiger partial charge on any atom is 0.0600 e. The van der Waals surface area contributed by atoms with Crippen LogP contribution in [0.15, 0.2) is 0 Å². The van der Waals surface area contributed by atoms with Crippen molar-refractivity contribution in [1.29, 1.82) is 0 Å². The van der Waals surface area contributed by atoms with E-state index in [0.717, 1.165) is 32.5 Å². The lowest BCUT2D eigenvalue weighted by molar-refractivity contribution is 0.00854. The van der Waals surface area contributed by atoms with E-state index in [0.29, 0.717) is 19.3 Å². The van der Waals surface area contributed by atoms with Crippen LogP contribution in [0.3, 0.4) is 0 Å². The van der Waals surface area contributed by atoms with Gasteiger partial charge in [0.1, 0.15) is 0 Å². The number of β-amino-alcohol motifs (C(OH)–C–C–N with tert-alkyl or cyclic N) is 1. The number of nitrogens with zero attached hydrogens (tertiary/aromatic N) is 1. The van der Waals surface area contributed by atoms with E-state index in [1.165, 1.54) is 0 Å². The average molecular weight is 188 g/mol. The van der Waals surface area contributed by atoms with E-state index in [1.807, 2.05) is 0 Å². The molecule has 4 heteroatoms. The summed E-state index contributed by atoms with van der Waals surface area (Å²) in [7, 11) is 0. The number of aliphatic hydroxyl groups is 1. The molecule has 3 N–H and O–H groups in total. The second-order valence-corrected chi connectivity index (χ2v) is 3.42. The van der Waals surface area contributed by atoms with Crippen LogP contribution in [0.5, 0.6) is 0 Å². The predicted molar refractivity (Wildman–Crippen MR) is 51.6 cm³/mol. The molecule has 4 nitrogen and oxygen atoms in total. The Balaban J connectivity index is 2.08. The quantitative estimate of drug-likeness (QED) is 0.606. The van der Waals surface area contributed by atoms with Crippen molar-refractivity contribution in [2.75, 3.05) is 39.4 Å². The van der Waals surface area contributed by atoms with Gasteiger partial charge in [-0.25, -0.2) is 0 Å². The maximum absolute atomic E-state index is 8.74. The third-order valence-electron chi connectivity index (χ3n) is 2.42. The molecule has 13 heavy (non-hydrogen) atoms. The summed E-state index contributed by atoms with van der Waals surface area (Å²) in [5, 5.41) is 8.74. The summed E-state index contributed by atoms with van der Waals surface area (Å²) in [6.45, 7) is 4.41. The molecule has 0 saturated carbocycles. The Morgan fingerprint density at radius 1 is 1.38 bits per heavy atom. The fourth-order valence-corrected chi connectivity index (χ4v) is 1.68. The van der Waals surface area contributed by atoms with Crippen LogP contribution < -0.4 is 5.73 Å². The average Bonchev–Trinajstić information content (AvgIpc) is 2.17. The number of piperidine rings is 1. The Labute approximate surface area is 79.7 Å². The minimum atomic E-state index is 0.258. The van der Waals surface area contributed by atoms with Gasteiger partial charge in [-0.1, -0.05) is 0 Å². The largest absolute Gasteiger partial charge is 0.395 e. The minimum absolute atomic E-state index is 0.258. The second-order valence-electron chi connectivity index (χ2n) is 3.42. The van der Waals surface area contributed by atoms with Crippen molar-refractivity contribution in [3.05, 3.63) is 0 Å². The summed E-state index contributed by atoms with van der Waals surface area (Å²) >= 11 is 0. The maximum atomic E-state index is 8.74. The number of rotatable bonds is 5. The summed E-state index contributed by atoms with van der Waals surface area (Å²) in [4.78, 5) is 2.27. The molecule has 0 spiro atoms. The van der Waals surface area contributed by atoms with E-state index in [2.05, 4.69) is 4.90 Å². The second kappa shape index (κ2) is 6.32. The van der Waals surface area contributed by atoms with Gasteiger partial charge in [0.2, 0.25) is 0 Å². The highest BCUT2D eigenvalue weighted by molar-refractivity contribution is 4.72. The van der Waals surface area contributed by atoms with Crippen LogP contribution in [-0.4, -0.2) is 55.5 Å². The van der Waals surface area contributed by atoms with Crippen molar-refractivity contribution < 1.29 is 9.84 Å². The number of hydrogen-bond donors (Lipinski definition) is 2. The smallest absolute Gasteiger partial charge is 0.0600 e. The molecule has 1 saturated heterocycles. The highest BCUT2D eigenvalue weighted by Crippen LogP contribution is 2.12. The summed E-state index contributed by atoms with van der Waals surface area (Å²) < 4.78 is 5.54. The van der Waals surface area contributed by atoms with Gasteiger partial charge in [0.15, 0.2) is 0 Å². The number of ether oxygens (including phenoxy) is 1. The lowest BCUT2D eigenvalue weighted by Gasteiger charge is -2.31. The highest BCUT2D eigenvalue weighted by Gasteiger charge is 2.18. The number of hydrogen-bond acceptors (Lipinski definition) is 4. The van der Waals surface area contributed by atoms with Crippen molar-refractivity contribution >= 4 is 0 Å². The molecule has 0 aliphatic carbocycles. The van der Waals surface area contributed by atoms with Crippen molar-refractivity contribution in [3.8, 4) is 0 Å². The topological polar surface area (TPSA) is 58.7 Å². The standard InChI is InChI=1S/C9H20N2O2/c10-3-8-13-9-1-4-11(5-2-9)6-7-12/h9,12H,1-8,10H2. The van der Waals surface area contributed by atoms with Crippen molar-refractivity contribution in [3.63, 3.8) is 0 Å². The van der Waals surface area contributed by atoms with Gasteiger partial charge < -0.3 is 20.5 Å². The van der Waals surface area contributed by atoms with Gasteiger partial charge >= 0.3 is 0 Å². The Morgan fingerprint density at radius 3 is 2.62 bits per heavy atom. The van der Waals surface area contributed by atoms with E-state index in [4.69, 9.17) is 15.6 Å². The molecule has 0 atom stereocenters. The van der Waals surface area contributed by atoms with Gasteiger partial charge in [-0.2, -0.15) is 0 Å². The van der Waals surface area contributed by atoms with Gasteiger partial charge in [-0.15, -0.1) is 0 Å². The van der Waals surface area contributed by atoms with Crippen LogP contribution in [0.1, 0.15) is 12.8 Å². The van der Waals surface area contributed by atoms with E-state index in [-0.39, 0.29) is 6.61 Å². The van der Waals surface area contributed by atoms with Crippen molar-refractivity contribution in [1.82, 2.24) is 4.90 Å². The lowest BCUT2D eigenvalue weighted by Crippen LogP contribution is -2.38. The molecule has 1 fully saturated rings. The zero-order valence-corrected chi connectivity index (χ0v) is 8.11. The molecule has 1 rings (SSSR count). The molecular weight excluding hydrogens is 168 g/mol. The van der Waals surface area contributed by atoms with Gasteiger partial charge in [0.05, 0.1) is 19.3 Å². The molecule has 78 valence electrons. The fraction of sp³-hybridized carbons (Fsp3) is 1.00. The molecule has 0 unspecified atom stereocenters. The van der Waals surface area contributed by atoms with Gasteiger partial charge in [0, 0.05) is 26.2 Å². The van der Waals surface area contributed by atoms with Gasteiger partial charge in [0.25, 0.3) is 0 Å². The first-order chi connectivity index (χ1) is 6.36. The van der Waals surface area contributed by atoms with Crippen LogP contribution in [-0.2, 0) is 4.74 Å². The highest BCUT2D eigenvalue weighted by atomic mass is 16.5. The van der Waals surface area contributed by atoms with Crippen LogP contribution in [0.2, 0.25) is 0 Å². The van der Waals surface area contributed by atoms with Crippen LogP contribution >= 0.6 is 0 Å². The molecule has 0 bridgehead atoms. The summed E-state index contributed by atoms with van der Waals surface area (Å²) in [5.41, 5.74) is 5.35. The molecule has 0 aromatic rings. The summed E-state index contributed by atoms with van der Waals surface area (Å²) in [6, 6.07) is 0. The summed E-state index contributed by atoms with van der Waals surface area (Å²) in [5.74, 6) is 0. The predicted octanol–water partition coefficient (Wildman–Crippen LogP) is -0.582. The van der Waals surface area contributed by atoms with Crippen LogP contribution in [0.25, 0.3) is 0 Å². The number of aliphatic hydroxyl groups excluding tert-OH is 1. The van der Waals surface area contributed by atoms with Crippen LogP contribution in [0.4, 0.5) is 0 Å². The minimum Gasteiger partial charge on any atom is -0.395 e. The molecule has 1 heterocycles. The Bertz CT molecular complexity index is 125. The molecule has 0 amide bonds. The Kier molecular flexibility index (Phi) is 5.31. The molecule has 0 aromatic carbocycles. The van der Waals surface area contributed by atoms with Gasteiger partial charge in [-0.3, -0.25) is 0 Å². The third kappa shape index (κ3) is 4.04. The first-order valence-electron chi connectivity index (χ1n) is 5.01. The molecular formula is C9H20N2O2. The number of nitrogens with two attached hydrogens (primary N) is 1. The van der Waals surface area contributed by atoms with Crippen molar-refractivity contribution in [2.24, 2.45) is 5.73 Å². The molecule has 0 aromatic heterocycles. The van der Waals surface area contributed by atoms with Gasteiger partial charge in [-0.05, 0) is 12.8 Å². The first-order valence-corrected chi connectivity index (χ1v) is 5.01. The Hall–Kier alpha value is -0.160. The first kappa shape index (κ1) is 10.9. The molecule has 1 aliphatic rings. The summed E-state index contributed by atoms with van der Waals surface area (Å²) in [6.07, 6.45) is 2.53. The lowest BCUT2D eigenvalue weighted by atomic mass is 10.1. The van der Waals surface area contributed by atoms with E-state index in [1.54, 1.807) is 0 Å². The third-order valence-corrected chi connectivity index (χ3v) is 2.42. The van der Waals surface area contributed by atoms with Crippen molar-refractivity contribution in [2.45, 2.75) is 18.9 Å². The number of likely N-dealkylation sites (tertiary alicyclic amines) is 1. The monoisotopic (exact) mass is 188 g/mol. The Morgan fingerprint density at radius 2 is 2.08 bits per heavy atom. The van der Waals surface area contributed by atoms with E-state index in [9.17, 15) is 0 Å². The SMILES string of the molecule is NCCOC1CCN(CCO)CC1. The zero-order valence-electron chi connectivity index (χ0n) is 8.11. The van der Waals surface area contributed by atoms with E-state index >= 15 is 0 Å². The fourth-order valence-electron chi connectivity index (χ4n) is 1.68. The van der Waals surface area contributed by atoms with Crippen LogP contribution in [0, 0.1) is 0 Å². The van der Waals surface area contributed by atoms with E-state index < -0.39 is 0 Å². The molecule has 1 aliphatic heterocycles.